The molecule has 0 bridgehead atoms. The van der Waals surface area contributed by atoms with Gasteiger partial charge in [0.1, 0.15) is 17.3 Å². The van der Waals surface area contributed by atoms with Crippen molar-refractivity contribution in [3.8, 4) is 0 Å². The monoisotopic (exact) mass is 382 g/mol. The molecule has 0 saturated carbocycles. The topological polar surface area (TPSA) is 66.9 Å². The second-order valence-corrected chi connectivity index (χ2v) is 7.26. The van der Waals surface area contributed by atoms with Crippen molar-refractivity contribution in [3.63, 3.8) is 0 Å². The molecule has 1 amide bonds. The molecule has 0 aliphatic carbocycles. The summed E-state index contributed by atoms with van der Waals surface area (Å²) in [6, 6.07) is 12.1. The van der Waals surface area contributed by atoms with Crippen LogP contribution in [-0.2, 0) is 5.41 Å². The summed E-state index contributed by atoms with van der Waals surface area (Å²) in [6.45, 7) is 6.28. The Morgan fingerprint density at radius 2 is 1.75 bits per heavy atom. The molecule has 0 radical (unpaired) electrons. The van der Waals surface area contributed by atoms with Crippen molar-refractivity contribution in [2.24, 2.45) is 0 Å². The van der Waals surface area contributed by atoms with Crippen LogP contribution in [0.2, 0.25) is 0 Å². The fraction of sp³-hybridized carbons (Fsp3) is 0.190. The molecule has 2 N–H and O–H groups in total. The third-order valence-electron chi connectivity index (χ3n) is 4.05. The summed E-state index contributed by atoms with van der Waals surface area (Å²) < 4.78 is 26.8. The van der Waals surface area contributed by atoms with E-state index in [9.17, 15) is 13.6 Å². The van der Waals surface area contributed by atoms with Gasteiger partial charge in [0.15, 0.2) is 0 Å². The number of para-hydroxylation sites is 1. The molecule has 0 saturated heterocycles. The maximum atomic E-state index is 13.7. The van der Waals surface area contributed by atoms with Crippen LogP contribution in [0, 0.1) is 11.6 Å². The Morgan fingerprint density at radius 3 is 2.46 bits per heavy atom. The van der Waals surface area contributed by atoms with E-state index in [-0.39, 0.29) is 22.7 Å². The molecule has 3 rings (SSSR count). The summed E-state index contributed by atoms with van der Waals surface area (Å²) in [7, 11) is 0. The number of nitrogens with zero attached hydrogens (tertiary/aromatic N) is 2. The third-order valence-corrected chi connectivity index (χ3v) is 4.05. The van der Waals surface area contributed by atoms with Crippen molar-refractivity contribution in [2.75, 3.05) is 10.6 Å². The molecule has 3 aromatic rings. The lowest BCUT2D eigenvalue weighted by Crippen LogP contribution is -2.17. The zero-order valence-electron chi connectivity index (χ0n) is 15.8. The lowest BCUT2D eigenvalue weighted by atomic mass is 9.86. The first-order chi connectivity index (χ1) is 13.2. The first-order valence-electron chi connectivity index (χ1n) is 8.70. The molecule has 144 valence electrons. The number of hydrogen-bond donors (Lipinski definition) is 2. The Balaban J connectivity index is 1.82. The van der Waals surface area contributed by atoms with Crippen molar-refractivity contribution in [1.82, 2.24) is 9.97 Å². The van der Waals surface area contributed by atoms with Gasteiger partial charge in [-0.15, -0.1) is 0 Å². The number of rotatable bonds is 4. The SMILES string of the molecule is CC(C)(C)c1ccccc1Nc1nccc(C(=O)Nc2ccc(F)cc2F)n1. The maximum Gasteiger partial charge on any atom is 0.274 e. The van der Waals surface area contributed by atoms with Gasteiger partial charge in [-0.2, -0.15) is 0 Å². The van der Waals surface area contributed by atoms with Gasteiger partial charge < -0.3 is 10.6 Å². The Labute approximate surface area is 161 Å². The van der Waals surface area contributed by atoms with Gasteiger partial charge in [0.25, 0.3) is 5.91 Å². The summed E-state index contributed by atoms with van der Waals surface area (Å²) in [4.78, 5) is 20.7. The molecule has 0 aliphatic heterocycles. The van der Waals surface area contributed by atoms with Crippen LogP contribution in [-0.4, -0.2) is 15.9 Å². The molecule has 7 heteroatoms. The van der Waals surface area contributed by atoms with E-state index in [0.717, 1.165) is 23.4 Å². The number of anilines is 3. The minimum absolute atomic E-state index is 0.0504. The van der Waals surface area contributed by atoms with Crippen LogP contribution in [0.25, 0.3) is 0 Å². The molecule has 1 heterocycles. The van der Waals surface area contributed by atoms with Crippen LogP contribution in [0.3, 0.4) is 0 Å². The Hall–Kier alpha value is -3.35. The van der Waals surface area contributed by atoms with Gasteiger partial charge in [0.05, 0.1) is 5.69 Å². The second-order valence-electron chi connectivity index (χ2n) is 7.26. The van der Waals surface area contributed by atoms with E-state index in [1.54, 1.807) is 0 Å². The number of carbonyl (C=O) groups excluding carboxylic acids is 1. The lowest BCUT2D eigenvalue weighted by Gasteiger charge is -2.23. The van der Waals surface area contributed by atoms with E-state index in [0.29, 0.717) is 6.07 Å². The first-order valence-corrected chi connectivity index (χ1v) is 8.70. The Morgan fingerprint density at radius 1 is 1.00 bits per heavy atom. The average Bonchev–Trinajstić information content (AvgIpc) is 2.64. The van der Waals surface area contributed by atoms with Crippen molar-refractivity contribution in [2.45, 2.75) is 26.2 Å². The molecule has 0 spiro atoms. The summed E-state index contributed by atoms with van der Waals surface area (Å²) in [6.07, 6.45) is 1.44. The molecule has 0 aliphatic rings. The number of amides is 1. The lowest BCUT2D eigenvalue weighted by molar-refractivity contribution is 0.102. The Bertz CT molecular complexity index is 1020. The first kappa shape index (κ1) is 19.4. The molecule has 0 fully saturated rings. The number of nitrogens with one attached hydrogen (secondary N) is 2. The van der Waals surface area contributed by atoms with E-state index in [1.807, 2.05) is 24.3 Å². The fourth-order valence-electron chi connectivity index (χ4n) is 2.69. The molecule has 5 nitrogen and oxygen atoms in total. The number of aromatic nitrogens is 2. The van der Waals surface area contributed by atoms with Crippen molar-refractivity contribution in [1.29, 1.82) is 0 Å². The summed E-state index contributed by atoms with van der Waals surface area (Å²) in [5.74, 6) is -1.97. The van der Waals surface area contributed by atoms with Gasteiger partial charge in [-0.1, -0.05) is 39.0 Å². The predicted octanol–water partition coefficient (Wildman–Crippen LogP) is 5.05. The largest absolute Gasteiger partial charge is 0.324 e. The van der Waals surface area contributed by atoms with Gasteiger partial charge in [-0.3, -0.25) is 4.79 Å². The van der Waals surface area contributed by atoms with E-state index in [1.165, 1.54) is 12.3 Å². The van der Waals surface area contributed by atoms with E-state index < -0.39 is 17.5 Å². The van der Waals surface area contributed by atoms with Gasteiger partial charge >= 0.3 is 0 Å². The van der Waals surface area contributed by atoms with Crippen LogP contribution >= 0.6 is 0 Å². The van der Waals surface area contributed by atoms with Crippen LogP contribution in [0.1, 0.15) is 36.8 Å². The zero-order chi connectivity index (χ0) is 20.3. The second kappa shape index (κ2) is 7.72. The molecular weight excluding hydrogens is 362 g/mol. The minimum Gasteiger partial charge on any atom is -0.324 e. The maximum absolute atomic E-state index is 13.7. The highest BCUT2D eigenvalue weighted by molar-refractivity contribution is 6.03. The summed E-state index contributed by atoms with van der Waals surface area (Å²) >= 11 is 0. The Kier molecular flexibility index (Phi) is 5.35. The van der Waals surface area contributed by atoms with Gasteiger partial charge in [0.2, 0.25) is 5.95 Å². The van der Waals surface area contributed by atoms with Crippen LogP contribution in [0.5, 0.6) is 0 Å². The van der Waals surface area contributed by atoms with E-state index in [2.05, 4.69) is 41.4 Å². The molecule has 0 atom stereocenters. The standard InChI is InChI=1S/C21H20F2N4O/c1-21(2,3)14-6-4-5-7-16(14)26-20-24-11-10-18(27-20)19(28)25-17-9-8-13(22)12-15(17)23/h4-12H,1-3H3,(H,25,28)(H,24,26,27). The number of halogens is 2. The van der Waals surface area contributed by atoms with Gasteiger partial charge in [-0.25, -0.2) is 18.7 Å². The molecular formula is C21H20F2N4O. The molecule has 0 unspecified atom stereocenters. The average molecular weight is 382 g/mol. The quantitative estimate of drug-likeness (QED) is 0.663. The normalized spacial score (nSPS) is 11.2. The molecule has 28 heavy (non-hydrogen) atoms. The number of benzene rings is 2. The van der Waals surface area contributed by atoms with Crippen LogP contribution in [0.4, 0.5) is 26.1 Å². The zero-order valence-corrected chi connectivity index (χ0v) is 15.8. The third kappa shape index (κ3) is 4.49. The highest BCUT2D eigenvalue weighted by atomic mass is 19.1. The van der Waals surface area contributed by atoms with Crippen molar-refractivity contribution >= 4 is 23.2 Å². The predicted molar refractivity (Wildman–Crippen MR) is 105 cm³/mol. The van der Waals surface area contributed by atoms with Gasteiger partial charge in [-0.05, 0) is 35.2 Å². The molecule has 1 aromatic heterocycles. The minimum atomic E-state index is -0.861. The van der Waals surface area contributed by atoms with Crippen molar-refractivity contribution in [3.05, 3.63) is 77.6 Å². The smallest absolute Gasteiger partial charge is 0.274 e. The van der Waals surface area contributed by atoms with Crippen molar-refractivity contribution < 1.29 is 13.6 Å². The highest BCUT2D eigenvalue weighted by Crippen LogP contribution is 2.30. The van der Waals surface area contributed by atoms with Crippen LogP contribution < -0.4 is 10.6 Å². The van der Waals surface area contributed by atoms with E-state index >= 15 is 0 Å². The van der Waals surface area contributed by atoms with Crippen LogP contribution in [0.15, 0.2) is 54.7 Å². The summed E-state index contributed by atoms with van der Waals surface area (Å²) in [5.41, 5.74) is 1.73. The highest BCUT2D eigenvalue weighted by Gasteiger charge is 2.18. The van der Waals surface area contributed by atoms with Gasteiger partial charge in [0, 0.05) is 18.0 Å². The molecule has 2 aromatic carbocycles. The number of carbonyl (C=O) groups is 1. The number of hydrogen-bond acceptors (Lipinski definition) is 4. The fourth-order valence-corrected chi connectivity index (χ4v) is 2.69. The summed E-state index contributed by atoms with van der Waals surface area (Å²) in [5, 5.41) is 5.51. The van der Waals surface area contributed by atoms with E-state index in [4.69, 9.17) is 0 Å².